The number of benzene rings is 1. The van der Waals surface area contributed by atoms with Crippen molar-refractivity contribution in [1.29, 1.82) is 0 Å². The van der Waals surface area contributed by atoms with Gasteiger partial charge in [0.15, 0.2) is 0 Å². The highest BCUT2D eigenvalue weighted by Gasteiger charge is 2.15. The maximum atomic E-state index is 11.6. The summed E-state index contributed by atoms with van der Waals surface area (Å²) in [5.74, 6) is -0.166. The van der Waals surface area contributed by atoms with Gasteiger partial charge < -0.3 is 14.8 Å². The fourth-order valence-electron chi connectivity index (χ4n) is 1.65. The minimum Gasteiger partial charge on any atom is -0.465 e. The van der Waals surface area contributed by atoms with Crippen LogP contribution in [0.5, 0.6) is 0 Å². The van der Waals surface area contributed by atoms with Gasteiger partial charge in [0, 0.05) is 25.1 Å². The Hall–Kier alpha value is -1.04. The van der Waals surface area contributed by atoms with Crippen molar-refractivity contribution in [2.24, 2.45) is 0 Å². The van der Waals surface area contributed by atoms with E-state index in [4.69, 9.17) is 9.47 Å². The Morgan fingerprint density at radius 3 is 2.95 bits per heavy atom. The predicted molar refractivity (Wildman–Crippen MR) is 82.0 cm³/mol. The van der Waals surface area contributed by atoms with E-state index in [0.717, 1.165) is 18.0 Å². The lowest BCUT2D eigenvalue weighted by molar-refractivity contribution is -0.142. The molecule has 0 aliphatic heterocycles. The van der Waals surface area contributed by atoms with E-state index in [1.165, 1.54) is 17.3 Å². The lowest BCUT2D eigenvalue weighted by Gasteiger charge is -2.11. The van der Waals surface area contributed by atoms with Gasteiger partial charge >= 0.3 is 5.97 Å². The summed E-state index contributed by atoms with van der Waals surface area (Å²) in [6.45, 7) is 6.44. The van der Waals surface area contributed by atoms with Crippen molar-refractivity contribution in [1.82, 2.24) is 5.32 Å². The van der Waals surface area contributed by atoms with E-state index in [1.54, 1.807) is 7.11 Å². The number of carbonyl (C=O) groups excluding carboxylic acids is 1. The van der Waals surface area contributed by atoms with Crippen molar-refractivity contribution in [3.05, 3.63) is 29.8 Å². The SMILES string of the molecule is CCOC(=O)C(C)Sc1cccc(CNCCOC)c1. The Bertz CT molecular complexity index is 412. The van der Waals surface area contributed by atoms with E-state index >= 15 is 0 Å². The molecule has 20 heavy (non-hydrogen) atoms. The van der Waals surface area contributed by atoms with Crippen LogP contribution in [0.1, 0.15) is 19.4 Å². The van der Waals surface area contributed by atoms with Gasteiger partial charge in [-0.05, 0) is 31.5 Å². The van der Waals surface area contributed by atoms with Crippen LogP contribution >= 0.6 is 11.8 Å². The lowest BCUT2D eigenvalue weighted by Crippen LogP contribution is -2.18. The van der Waals surface area contributed by atoms with Gasteiger partial charge in [-0.25, -0.2) is 0 Å². The van der Waals surface area contributed by atoms with E-state index in [0.29, 0.717) is 13.2 Å². The molecule has 0 spiro atoms. The van der Waals surface area contributed by atoms with Crippen molar-refractivity contribution in [3.8, 4) is 0 Å². The zero-order valence-electron chi connectivity index (χ0n) is 12.3. The molecule has 0 amide bonds. The second-order valence-corrected chi connectivity index (χ2v) is 5.74. The molecule has 1 rings (SSSR count). The largest absolute Gasteiger partial charge is 0.465 e. The molecule has 0 aliphatic carbocycles. The molecule has 0 aromatic heterocycles. The van der Waals surface area contributed by atoms with Gasteiger partial charge in [-0.3, -0.25) is 4.79 Å². The maximum absolute atomic E-state index is 11.6. The Morgan fingerprint density at radius 1 is 1.45 bits per heavy atom. The van der Waals surface area contributed by atoms with Crippen molar-refractivity contribution < 1.29 is 14.3 Å². The van der Waals surface area contributed by atoms with Crippen molar-refractivity contribution >= 4 is 17.7 Å². The monoisotopic (exact) mass is 297 g/mol. The summed E-state index contributed by atoms with van der Waals surface area (Å²) in [5.41, 5.74) is 1.20. The Kier molecular flexibility index (Phi) is 8.34. The quantitative estimate of drug-likeness (QED) is 0.431. The molecule has 0 saturated carbocycles. The fourth-order valence-corrected chi connectivity index (χ4v) is 2.60. The number of esters is 1. The predicted octanol–water partition coefficient (Wildman–Crippen LogP) is 2.47. The van der Waals surface area contributed by atoms with Gasteiger partial charge in [0.05, 0.1) is 13.2 Å². The van der Waals surface area contributed by atoms with Crippen molar-refractivity contribution in [2.75, 3.05) is 26.9 Å². The van der Waals surface area contributed by atoms with Crippen molar-refractivity contribution in [2.45, 2.75) is 30.5 Å². The minimum absolute atomic E-state index is 0.166. The normalized spacial score (nSPS) is 12.2. The van der Waals surface area contributed by atoms with E-state index in [1.807, 2.05) is 26.0 Å². The van der Waals surface area contributed by atoms with Gasteiger partial charge in [0.25, 0.3) is 0 Å². The van der Waals surface area contributed by atoms with Crippen LogP contribution in [0.4, 0.5) is 0 Å². The first-order valence-electron chi connectivity index (χ1n) is 6.79. The Labute approximate surface area is 125 Å². The number of methoxy groups -OCH3 is 1. The van der Waals surface area contributed by atoms with Crippen LogP contribution in [0.15, 0.2) is 29.2 Å². The molecule has 0 saturated heterocycles. The number of thioether (sulfide) groups is 1. The van der Waals surface area contributed by atoms with E-state index < -0.39 is 0 Å². The minimum atomic E-state index is -0.188. The van der Waals surface area contributed by atoms with Gasteiger partial charge in [0.2, 0.25) is 0 Å². The first-order chi connectivity index (χ1) is 9.67. The molecule has 4 nitrogen and oxygen atoms in total. The molecule has 0 fully saturated rings. The zero-order valence-corrected chi connectivity index (χ0v) is 13.2. The van der Waals surface area contributed by atoms with Crippen molar-refractivity contribution in [3.63, 3.8) is 0 Å². The molecular weight excluding hydrogens is 274 g/mol. The van der Waals surface area contributed by atoms with E-state index in [9.17, 15) is 4.79 Å². The average Bonchev–Trinajstić information content (AvgIpc) is 2.44. The van der Waals surface area contributed by atoms with Crippen LogP contribution in [0, 0.1) is 0 Å². The number of hydrogen-bond acceptors (Lipinski definition) is 5. The van der Waals surface area contributed by atoms with Crippen LogP contribution in [-0.2, 0) is 20.8 Å². The Balaban J connectivity index is 2.48. The third-order valence-corrected chi connectivity index (χ3v) is 3.71. The smallest absolute Gasteiger partial charge is 0.319 e. The van der Waals surface area contributed by atoms with Crippen LogP contribution in [0.2, 0.25) is 0 Å². The summed E-state index contributed by atoms with van der Waals surface area (Å²) in [4.78, 5) is 12.7. The van der Waals surface area contributed by atoms with Gasteiger partial charge in [-0.1, -0.05) is 12.1 Å². The van der Waals surface area contributed by atoms with Crippen LogP contribution in [-0.4, -0.2) is 38.1 Å². The Morgan fingerprint density at radius 2 is 2.25 bits per heavy atom. The van der Waals surface area contributed by atoms with E-state index in [2.05, 4.69) is 17.4 Å². The third-order valence-electron chi connectivity index (χ3n) is 2.64. The number of rotatable bonds is 9. The van der Waals surface area contributed by atoms with Crippen LogP contribution < -0.4 is 5.32 Å². The van der Waals surface area contributed by atoms with Gasteiger partial charge in [0.1, 0.15) is 5.25 Å². The molecule has 112 valence electrons. The fraction of sp³-hybridized carbons (Fsp3) is 0.533. The first kappa shape index (κ1) is 17.0. The summed E-state index contributed by atoms with van der Waals surface area (Å²) in [6.07, 6.45) is 0. The maximum Gasteiger partial charge on any atom is 0.319 e. The highest BCUT2D eigenvalue weighted by Crippen LogP contribution is 2.24. The molecule has 1 aromatic rings. The summed E-state index contributed by atoms with van der Waals surface area (Å²) in [5, 5.41) is 3.11. The zero-order chi connectivity index (χ0) is 14.8. The van der Waals surface area contributed by atoms with E-state index in [-0.39, 0.29) is 11.2 Å². The third kappa shape index (κ3) is 6.41. The van der Waals surface area contributed by atoms with Gasteiger partial charge in [-0.15, -0.1) is 11.8 Å². The molecular formula is C15H23NO3S. The molecule has 1 atom stereocenters. The first-order valence-corrected chi connectivity index (χ1v) is 7.67. The standard InChI is InChI=1S/C15H23NO3S/c1-4-19-15(17)12(2)20-14-7-5-6-13(10-14)11-16-8-9-18-3/h5-7,10,12,16H,4,8-9,11H2,1-3H3. The molecule has 5 heteroatoms. The molecule has 1 aromatic carbocycles. The highest BCUT2D eigenvalue weighted by molar-refractivity contribution is 8.00. The molecule has 0 bridgehead atoms. The lowest BCUT2D eigenvalue weighted by atomic mass is 10.2. The summed E-state index contributed by atoms with van der Waals surface area (Å²) in [6, 6.07) is 8.19. The highest BCUT2D eigenvalue weighted by atomic mass is 32.2. The van der Waals surface area contributed by atoms with Gasteiger partial charge in [-0.2, -0.15) is 0 Å². The summed E-state index contributed by atoms with van der Waals surface area (Å²) in [7, 11) is 1.69. The second kappa shape index (κ2) is 9.80. The van der Waals surface area contributed by atoms with Crippen LogP contribution in [0.3, 0.4) is 0 Å². The topological polar surface area (TPSA) is 47.6 Å². The van der Waals surface area contributed by atoms with Crippen LogP contribution in [0.25, 0.3) is 0 Å². The number of nitrogens with one attached hydrogen (secondary N) is 1. The molecule has 0 aliphatic rings. The number of ether oxygens (including phenoxy) is 2. The average molecular weight is 297 g/mol. The molecule has 1 unspecified atom stereocenters. The number of carbonyl (C=O) groups is 1. The number of hydrogen-bond donors (Lipinski definition) is 1. The molecule has 0 heterocycles. The summed E-state index contributed by atoms with van der Waals surface area (Å²) < 4.78 is 10.00. The molecule has 0 radical (unpaired) electrons. The molecule has 1 N–H and O–H groups in total. The second-order valence-electron chi connectivity index (χ2n) is 4.33. The summed E-state index contributed by atoms with van der Waals surface area (Å²) >= 11 is 1.52.